The van der Waals surface area contributed by atoms with Crippen LogP contribution in [0.3, 0.4) is 0 Å². The molecule has 8 heteroatoms. The quantitative estimate of drug-likeness (QED) is 0.600. The predicted molar refractivity (Wildman–Crippen MR) is 63.5 cm³/mol. The number of pyridine rings is 1. The van der Waals surface area contributed by atoms with Crippen molar-refractivity contribution in [3.63, 3.8) is 0 Å². The van der Waals surface area contributed by atoms with Crippen LogP contribution in [0.25, 0.3) is 0 Å². The van der Waals surface area contributed by atoms with Crippen LogP contribution in [0.2, 0.25) is 0 Å². The number of carbonyl (C=O) groups is 1. The minimum Gasteiger partial charge on any atom is -0.384 e. The number of hydrogen-bond acceptors (Lipinski definition) is 6. The number of aromatic nitrogens is 5. The van der Waals surface area contributed by atoms with E-state index >= 15 is 0 Å². The van der Waals surface area contributed by atoms with Gasteiger partial charge in [-0.1, -0.05) is 17.1 Å². The molecule has 96 valence electrons. The Morgan fingerprint density at radius 3 is 3.16 bits per heavy atom. The van der Waals surface area contributed by atoms with E-state index in [0.29, 0.717) is 11.4 Å². The van der Waals surface area contributed by atoms with Gasteiger partial charge in [-0.15, -0.1) is 10.2 Å². The Labute approximate surface area is 108 Å². The Hall–Kier alpha value is -2.79. The Bertz CT molecular complexity index is 614. The molecule has 0 aromatic carbocycles. The van der Waals surface area contributed by atoms with E-state index in [2.05, 4.69) is 42.8 Å². The molecule has 19 heavy (non-hydrogen) atoms. The van der Waals surface area contributed by atoms with E-state index in [1.165, 1.54) is 6.20 Å². The molecule has 8 nitrogen and oxygen atoms in total. The molecule has 2 aromatic heterocycles. The number of hydrogen-bond donors (Lipinski definition) is 3. The molecule has 0 bridgehead atoms. The van der Waals surface area contributed by atoms with E-state index in [-0.39, 0.29) is 18.8 Å². The first-order chi connectivity index (χ1) is 9.31. The Morgan fingerprint density at radius 1 is 1.53 bits per heavy atom. The molecule has 0 fully saturated rings. The second kappa shape index (κ2) is 6.23. The topological polar surface area (TPSA) is 117 Å². The summed E-state index contributed by atoms with van der Waals surface area (Å²) in [6.07, 6.45) is 1.49. The van der Waals surface area contributed by atoms with Crippen molar-refractivity contribution in [2.45, 2.75) is 6.54 Å². The van der Waals surface area contributed by atoms with E-state index < -0.39 is 5.91 Å². The fourth-order valence-corrected chi connectivity index (χ4v) is 1.32. The summed E-state index contributed by atoms with van der Waals surface area (Å²) >= 11 is 0. The zero-order valence-corrected chi connectivity index (χ0v) is 9.79. The third kappa shape index (κ3) is 3.34. The fourth-order valence-electron chi connectivity index (χ4n) is 1.32. The van der Waals surface area contributed by atoms with Gasteiger partial charge in [-0.3, -0.25) is 4.79 Å². The van der Waals surface area contributed by atoms with Crippen LogP contribution >= 0.6 is 0 Å². The van der Waals surface area contributed by atoms with E-state index in [9.17, 15) is 4.79 Å². The van der Waals surface area contributed by atoms with Gasteiger partial charge in [-0.2, -0.15) is 5.21 Å². The lowest BCUT2D eigenvalue weighted by molar-refractivity contribution is 0.0944. The zero-order valence-electron chi connectivity index (χ0n) is 9.79. The van der Waals surface area contributed by atoms with Gasteiger partial charge < -0.3 is 10.4 Å². The molecule has 2 aromatic rings. The van der Waals surface area contributed by atoms with E-state index in [1.54, 1.807) is 12.1 Å². The number of amides is 1. The Kier molecular flexibility index (Phi) is 4.15. The van der Waals surface area contributed by atoms with Crippen molar-refractivity contribution in [1.82, 2.24) is 30.9 Å². The summed E-state index contributed by atoms with van der Waals surface area (Å²) in [7, 11) is 0. The summed E-state index contributed by atoms with van der Waals surface area (Å²) in [6, 6.07) is 3.32. The van der Waals surface area contributed by atoms with E-state index in [4.69, 9.17) is 5.11 Å². The fraction of sp³-hybridized carbons (Fsp3) is 0.182. The molecule has 2 rings (SSSR count). The lowest BCUT2D eigenvalue weighted by Gasteiger charge is -2.03. The lowest BCUT2D eigenvalue weighted by atomic mass is 10.2. The standard InChI is InChI=1S/C11H10N6O2/c18-6-2-4-8-3-1-5-12-10(8)11(19)13-7-9-14-16-17-15-9/h1,3,5,18H,6-7H2,(H,13,19)(H,14,15,16,17). The third-order valence-electron chi connectivity index (χ3n) is 2.12. The summed E-state index contributed by atoms with van der Waals surface area (Å²) in [5.41, 5.74) is 0.633. The molecule has 0 spiro atoms. The summed E-state index contributed by atoms with van der Waals surface area (Å²) in [6.45, 7) is -0.141. The average Bonchev–Trinajstić information content (AvgIpc) is 2.96. The van der Waals surface area contributed by atoms with E-state index in [0.717, 1.165) is 0 Å². The number of nitrogens with zero attached hydrogens (tertiary/aromatic N) is 4. The molecule has 3 N–H and O–H groups in total. The third-order valence-corrected chi connectivity index (χ3v) is 2.12. The highest BCUT2D eigenvalue weighted by Crippen LogP contribution is 2.03. The van der Waals surface area contributed by atoms with Gasteiger partial charge in [0.05, 0.1) is 12.1 Å². The monoisotopic (exact) mass is 258 g/mol. The number of carbonyl (C=O) groups excluding carboxylic acids is 1. The number of rotatable bonds is 3. The number of H-pyrrole nitrogens is 1. The maximum Gasteiger partial charge on any atom is 0.271 e. The van der Waals surface area contributed by atoms with E-state index in [1.807, 2.05) is 0 Å². The highest BCUT2D eigenvalue weighted by atomic mass is 16.2. The first-order valence-electron chi connectivity index (χ1n) is 5.36. The van der Waals surface area contributed by atoms with Crippen molar-refractivity contribution in [2.24, 2.45) is 0 Å². The van der Waals surface area contributed by atoms with Crippen LogP contribution in [0, 0.1) is 11.8 Å². The summed E-state index contributed by atoms with van der Waals surface area (Å²) in [4.78, 5) is 15.9. The number of aliphatic hydroxyl groups excluding tert-OH is 1. The Balaban J connectivity index is 2.10. The van der Waals surface area contributed by atoms with Crippen LogP contribution in [-0.4, -0.2) is 43.2 Å². The van der Waals surface area contributed by atoms with Crippen LogP contribution in [0.5, 0.6) is 0 Å². The number of nitrogens with one attached hydrogen (secondary N) is 2. The maximum absolute atomic E-state index is 11.9. The number of aromatic amines is 1. The van der Waals surface area contributed by atoms with Crippen molar-refractivity contribution in [3.8, 4) is 11.8 Å². The van der Waals surface area contributed by atoms with Crippen LogP contribution < -0.4 is 5.32 Å². The zero-order chi connectivity index (χ0) is 13.5. The van der Waals surface area contributed by atoms with Gasteiger partial charge in [0, 0.05) is 6.20 Å². The molecule has 0 saturated heterocycles. The average molecular weight is 258 g/mol. The highest BCUT2D eigenvalue weighted by Gasteiger charge is 2.11. The van der Waals surface area contributed by atoms with Gasteiger partial charge >= 0.3 is 0 Å². The van der Waals surface area contributed by atoms with Crippen molar-refractivity contribution in [2.75, 3.05) is 6.61 Å². The minimum absolute atomic E-state index is 0.138. The molecule has 0 radical (unpaired) electrons. The molecule has 0 unspecified atom stereocenters. The molecular weight excluding hydrogens is 248 g/mol. The second-order valence-corrected chi connectivity index (χ2v) is 3.37. The van der Waals surface area contributed by atoms with Crippen molar-refractivity contribution < 1.29 is 9.90 Å². The van der Waals surface area contributed by atoms with Gasteiger partial charge in [0.1, 0.15) is 12.3 Å². The lowest BCUT2D eigenvalue weighted by Crippen LogP contribution is -2.25. The SMILES string of the molecule is O=C(NCc1nn[nH]n1)c1ncccc1C#CCO. The van der Waals surface area contributed by atoms with Gasteiger partial charge in [0.2, 0.25) is 0 Å². The molecule has 0 atom stereocenters. The molecule has 0 aliphatic heterocycles. The second-order valence-electron chi connectivity index (χ2n) is 3.37. The van der Waals surface area contributed by atoms with Crippen molar-refractivity contribution in [3.05, 3.63) is 35.4 Å². The molecule has 2 heterocycles. The minimum atomic E-state index is -0.396. The molecule has 0 saturated carbocycles. The summed E-state index contributed by atoms with van der Waals surface area (Å²) in [5, 5.41) is 24.3. The van der Waals surface area contributed by atoms with Crippen LogP contribution in [-0.2, 0) is 6.54 Å². The van der Waals surface area contributed by atoms with Gasteiger partial charge in [-0.25, -0.2) is 4.98 Å². The smallest absolute Gasteiger partial charge is 0.271 e. The maximum atomic E-state index is 11.9. The summed E-state index contributed by atoms with van der Waals surface area (Å²) in [5.74, 6) is 5.11. The van der Waals surface area contributed by atoms with Gasteiger partial charge in [0.25, 0.3) is 5.91 Å². The van der Waals surface area contributed by atoms with Crippen LogP contribution in [0.15, 0.2) is 18.3 Å². The van der Waals surface area contributed by atoms with Crippen molar-refractivity contribution >= 4 is 5.91 Å². The summed E-state index contributed by atoms with van der Waals surface area (Å²) < 4.78 is 0. The predicted octanol–water partition coefficient (Wildman–Crippen LogP) is -1.13. The molecular formula is C11H10N6O2. The van der Waals surface area contributed by atoms with Gasteiger partial charge in [-0.05, 0) is 12.1 Å². The van der Waals surface area contributed by atoms with Crippen LogP contribution in [0.1, 0.15) is 21.9 Å². The largest absolute Gasteiger partial charge is 0.384 e. The van der Waals surface area contributed by atoms with Crippen LogP contribution in [0.4, 0.5) is 0 Å². The molecule has 0 aliphatic carbocycles. The first-order valence-corrected chi connectivity index (χ1v) is 5.36. The highest BCUT2D eigenvalue weighted by molar-refractivity contribution is 5.94. The molecule has 0 aliphatic rings. The molecule has 1 amide bonds. The van der Waals surface area contributed by atoms with Gasteiger partial charge in [0.15, 0.2) is 5.82 Å². The number of aliphatic hydroxyl groups is 1. The Morgan fingerprint density at radius 2 is 2.42 bits per heavy atom. The van der Waals surface area contributed by atoms with Crippen molar-refractivity contribution in [1.29, 1.82) is 0 Å². The number of tetrazole rings is 1. The normalized spacial score (nSPS) is 9.53. The first kappa shape index (κ1) is 12.7.